The van der Waals surface area contributed by atoms with E-state index in [4.69, 9.17) is 4.74 Å². The van der Waals surface area contributed by atoms with Gasteiger partial charge in [-0.25, -0.2) is 14.6 Å². The third kappa shape index (κ3) is 6.62. The number of ether oxygens (including phenoxy) is 1. The number of nitrogens with one attached hydrogen (secondary N) is 2. The number of carbonyl (C=O) groups excluding carboxylic acids is 4. The average Bonchev–Trinajstić information content (AvgIpc) is 3.43. The summed E-state index contributed by atoms with van der Waals surface area (Å²) in [6.07, 6.45) is -5.18. The normalized spacial score (nSPS) is 18.1. The number of nitro benzene ring substituents is 1. The van der Waals surface area contributed by atoms with E-state index in [9.17, 15) is 52.4 Å². The maximum Gasteiger partial charge on any atom is 0.471 e. The number of carbonyl (C=O) groups is 5. The van der Waals surface area contributed by atoms with Crippen LogP contribution in [0.2, 0.25) is 0 Å². The number of alkyl halides is 3. The van der Waals surface area contributed by atoms with Gasteiger partial charge in [0.05, 0.1) is 10.5 Å². The van der Waals surface area contributed by atoms with Gasteiger partial charge in [0, 0.05) is 28.8 Å². The Morgan fingerprint density at radius 3 is 2.52 bits per heavy atom. The van der Waals surface area contributed by atoms with E-state index < -0.39 is 75.3 Å². The molecule has 0 spiro atoms. The van der Waals surface area contributed by atoms with Crippen LogP contribution in [-0.2, 0) is 28.8 Å². The molecule has 16 nitrogen and oxygen atoms in total. The molecule has 1 unspecified atom stereocenters. The van der Waals surface area contributed by atoms with Crippen LogP contribution in [0, 0.1) is 10.1 Å². The fourth-order valence-corrected chi connectivity index (χ4v) is 5.88. The Hall–Kier alpha value is -5.05. The summed E-state index contributed by atoms with van der Waals surface area (Å²) in [4.78, 5) is 80.9. The molecule has 1 aromatic carbocycles. The Morgan fingerprint density at radius 2 is 1.93 bits per heavy atom. The summed E-state index contributed by atoms with van der Waals surface area (Å²) in [5.74, 6) is -6.58. The number of halogens is 3. The van der Waals surface area contributed by atoms with Gasteiger partial charge in [-0.1, -0.05) is 5.16 Å². The standard InChI is InChI=1S/C23H17F3N6O10S2/c1-41-30-13(12-8-44-22(27-12)29-21(38)23(24,25)26)16(33)28-14-17(34)31-15(19(35)36)10(7-43-18(14)31)6-42-20(37)9-2-4-11(5-3-9)32(39)40/h2-5,8,14,18H,6-7H2,1H3,(H,28,33)(H,35,36)(H,27,29,38)/b30-13+/t14?,18-/m1/s1. The molecule has 2 atom stereocenters. The topological polar surface area (TPSA) is 220 Å². The van der Waals surface area contributed by atoms with Crippen LogP contribution in [-0.4, -0.2) is 92.3 Å². The number of nitrogens with zero attached hydrogens (tertiary/aromatic N) is 4. The summed E-state index contributed by atoms with van der Waals surface area (Å²) in [5.41, 5.74) is -1.50. The average molecular weight is 659 g/mol. The molecule has 0 saturated carbocycles. The first-order chi connectivity index (χ1) is 20.7. The zero-order chi connectivity index (χ0) is 32.3. The zero-order valence-corrected chi connectivity index (χ0v) is 23.4. The van der Waals surface area contributed by atoms with Crippen LogP contribution in [0.4, 0.5) is 24.0 Å². The van der Waals surface area contributed by atoms with Gasteiger partial charge in [-0.05, 0) is 12.1 Å². The summed E-state index contributed by atoms with van der Waals surface area (Å²) >= 11 is 1.61. The summed E-state index contributed by atoms with van der Waals surface area (Å²) in [5, 5.41) is 27.7. The fraction of sp³-hybridized carbons (Fsp3) is 0.261. The van der Waals surface area contributed by atoms with Crippen LogP contribution < -0.4 is 10.6 Å². The number of β-lactam (4-membered cyclic amide) rings is 1. The molecule has 1 fully saturated rings. The lowest BCUT2D eigenvalue weighted by molar-refractivity contribution is -0.384. The molecule has 3 heterocycles. The number of carboxylic acids is 1. The second-order valence-corrected chi connectivity index (χ2v) is 10.6. The minimum Gasteiger partial charge on any atom is -0.477 e. The molecule has 232 valence electrons. The highest BCUT2D eigenvalue weighted by molar-refractivity contribution is 8.00. The second kappa shape index (κ2) is 12.7. The van der Waals surface area contributed by atoms with Crippen LogP contribution in [0.3, 0.4) is 0 Å². The molecular formula is C23H17F3N6O10S2. The highest BCUT2D eigenvalue weighted by Gasteiger charge is 2.54. The number of fused-ring (bicyclic) bond motifs is 1. The van der Waals surface area contributed by atoms with E-state index >= 15 is 0 Å². The van der Waals surface area contributed by atoms with Gasteiger partial charge in [-0.2, -0.15) is 13.2 Å². The molecule has 1 aromatic heterocycles. The Balaban J connectivity index is 1.44. The first kappa shape index (κ1) is 31.9. The molecule has 0 aliphatic carbocycles. The third-order valence-electron chi connectivity index (χ3n) is 5.85. The Kier molecular flexibility index (Phi) is 9.18. The largest absolute Gasteiger partial charge is 0.477 e. The van der Waals surface area contributed by atoms with Crippen molar-refractivity contribution in [3.8, 4) is 0 Å². The number of esters is 1. The lowest BCUT2D eigenvalue weighted by atomic mass is 10.0. The van der Waals surface area contributed by atoms with Crippen molar-refractivity contribution in [2.45, 2.75) is 17.6 Å². The number of aliphatic carboxylic acids is 1. The molecule has 0 radical (unpaired) electrons. The van der Waals surface area contributed by atoms with Crippen LogP contribution >= 0.6 is 23.1 Å². The molecule has 21 heteroatoms. The van der Waals surface area contributed by atoms with E-state index in [0.717, 1.165) is 53.4 Å². The maximum atomic E-state index is 13.0. The van der Waals surface area contributed by atoms with Crippen LogP contribution in [0.5, 0.6) is 0 Å². The maximum absolute atomic E-state index is 13.0. The summed E-state index contributed by atoms with van der Waals surface area (Å²) in [6.45, 7) is -0.514. The molecule has 44 heavy (non-hydrogen) atoms. The van der Waals surface area contributed by atoms with Crippen molar-refractivity contribution in [1.29, 1.82) is 0 Å². The van der Waals surface area contributed by atoms with Gasteiger partial charge >= 0.3 is 24.0 Å². The van der Waals surface area contributed by atoms with Crippen LogP contribution in [0.15, 0.2) is 46.1 Å². The number of thiazole rings is 1. The van der Waals surface area contributed by atoms with E-state index in [1.807, 2.05) is 0 Å². The number of non-ortho nitro benzene ring substituents is 1. The molecule has 4 rings (SSSR count). The molecule has 1 saturated heterocycles. The van der Waals surface area contributed by atoms with E-state index in [2.05, 4.69) is 20.3 Å². The summed E-state index contributed by atoms with van der Waals surface area (Å²) in [7, 11) is 1.07. The zero-order valence-electron chi connectivity index (χ0n) is 21.8. The lowest BCUT2D eigenvalue weighted by Crippen LogP contribution is -2.71. The highest BCUT2D eigenvalue weighted by atomic mass is 32.2. The number of hydrogen-bond acceptors (Lipinski definition) is 13. The summed E-state index contributed by atoms with van der Waals surface area (Å²) < 4.78 is 42.8. The van der Waals surface area contributed by atoms with Gasteiger partial charge in [0.2, 0.25) is 0 Å². The van der Waals surface area contributed by atoms with Crippen molar-refractivity contribution in [1.82, 2.24) is 15.2 Å². The number of amides is 3. The molecule has 3 N–H and O–H groups in total. The minimum atomic E-state index is -5.18. The van der Waals surface area contributed by atoms with Gasteiger partial charge in [-0.15, -0.1) is 23.1 Å². The minimum absolute atomic E-state index is 0.0244. The first-order valence-corrected chi connectivity index (χ1v) is 13.7. The fourth-order valence-electron chi connectivity index (χ4n) is 3.86. The number of thioether (sulfide) groups is 1. The number of hydrogen-bond donors (Lipinski definition) is 3. The third-order valence-corrected chi connectivity index (χ3v) is 7.95. The smallest absolute Gasteiger partial charge is 0.471 e. The van der Waals surface area contributed by atoms with Gasteiger partial charge < -0.3 is 20.0 Å². The lowest BCUT2D eigenvalue weighted by Gasteiger charge is -2.49. The molecule has 2 aliphatic rings. The number of rotatable bonds is 10. The molecule has 3 amide bonds. The number of nitro groups is 1. The van der Waals surface area contributed by atoms with E-state index in [1.165, 1.54) is 5.32 Å². The Labute approximate surface area is 251 Å². The number of benzene rings is 1. The summed E-state index contributed by atoms with van der Waals surface area (Å²) in [6, 6.07) is 3.26. The molecular weight excluding hydrogens is 641 g/mol. The van der Waals surface area contributed by atoms with Crippen molar-refractivity contribution in [2.24, 2.45) is 5.16 Å². The number of oxime groups is 1. The Bertz CT molecular complexity index is 1610. The van der Waals surface area contributed by atoms with E-state index in [1.54, 1.807) is 0 Å². The van der Waals surface area contributed by atoms with Crippen molar-refractivity contribution in [3.63, 3.8) is 0 Å². The van der Waals surface area contributed by atoms with Gasteiger partial charge in [0.15, 0.2) is 10.8 Å². The Morgan fingerprint density at radius 1 is 1.25 bits per heavy atom. The first-order valence-electron chi connectivity index (χ1n) is 11.8. The van der Waals surface area contributed by atoms with Gasteiger partial charge in [-0.3, -0.25) is 34.7 Å². The van der Waals surface area contributed by atoms with Crippen molar-refractivity contribution < 1.29 is 56.7 Å². The van der Waals surface area contributed by atoms with Gasteiger partial charge in [0.1, 0.15) is 36.5 Å². The predicted octanol–water partition coefficient (Wildman–Crippen LogP) is 1.50. The highest BCUT2D eigenvalue weighted by Crippen LogP contribution is 2.40. The SMILES string of the molecule is CO/N=C(/C(=O)NC1C(=O)N2C(C(=O)O)=C(COC(=O)c3ccc([N+](=O)[O-])cc3)CS[C@H]12)c1csc(NC(=O)C(F)(F)F)n1. The molecule has 2 aromatic rings. The monoisotopic (exact) mass is 658 g/mol. The second-order valence-electron chi connectivity index (χ2n) is 8.61. The van der Waals surface area contributed by atoms with Crippen molar-refractivity contribution in [3.05, 3.63) is 62.3 Å². The van der Waals surface area contributed by atoms with Crippen LogP contribution in [0.1, 0.15) is 16.1 Å². The predicted molar refractivity (Wildman–Crippen MR) is 143 cm³/mol. The van der Waals surface area contributed by atoms with Gasteiger partial charge in [0.25, 0.3) is 17.5 Å². The van der Waals surface area contributed by atoms with Crippen LogP contribution in [0.25, 0.3) is 0 Å². The number of anilines is 1. The molecule has 0 bridgehead atoms. The van der Waals surface area contributed by atoms with Crippen molar-refractivity contribution >= 4 is 69.3 Å². The van der Waals surface area contributed by atoms with Crippen molar-refractivity contribution in [2.75, 3.05) is 24.8 Å². The van der Waals surface area contributed by atoms with E-state index in [-0.39, 0.29) is 28.3 Å². The van der Waals surface area contributed by atoms with E-state index in [0.29, 0.717) is 11.3 Å². The number of aromatic nitrogens is 1. The quantitative estimate of drug-likeness (QED) is 0.109. The molecule has 2 aliphatic heterocycles. The number of carboxylic acid groups (broad SMARTS) is 1.